The maximum absolute atomic E-state index is 7.70. The molecule has 596 valence electrons. The number of hydrogen-bond acceptors (Lipinski definition) is 4. The Morgan fingerprint density at radius 3 is 1.18 bits per heavy atom. The predicted molar refractivity (Wildman–Crippen MR) is 504 cm³/mol. The van der Waals surface area contributed by atoms with E-state index in [9.17, 15) is 0 Å². The first-order valence-corrected chi connectivity index (χ1v) is 45.9. The van der Waals surface area contributed by atoms with E-state index in [2.05, 4.69) is 330 Å². The average Bonchev–Trinajstić information content (AvgIpc) is 1.51. The largest absolute Gasteiger partial charge is 0.456 e. The highest BCUT2D eigenvalue weighted by Crippen LogP contribution is 2.70. The van der Waals surface area contributed by atoms with Crippen LogP contribution >= 0.6 is 0 Å². The maximum atomic E-state index is 7.70. The fourth-order valence-corrected chi connectivity index (χ4v) is 23.8. The second-order valence-corrected chi connectivity index (χ2v) is 35.6. The number of furan rings is 3. The van der Waals surface area contributed by atoms with Crippen LogP contribution in [0.4, 0.5) is 17.1 Å². The molecular weight excluding hydrogens is 1460 g/mol. The van der Waals surface area contributed by atoms with Crippen molar-refractivity contribution in [2.45, 2.75) is 203 Å². The first kappa shape index (κ1) is 75.7. The van der Waals surface area contributed by atoms with Gasteiger partial charge in [0.15, 0.2) is 0 Å². The Morgan fingerprint density at radius 1 is 0.242 bits per heavy atom. The number of benzene rings is 14. The first-order chi connectivity index (χ1) is 59.4. The van der Waals surface area contributed by atoms with Crippen LogP contribution in [-0.2, 0) is 21.7 Å². The molecule has 17 aromatic rings. The van der Waals surface area contributed by atoms with E-state index in [-0.39, 0.29) is 10.8 Å². The summed E-state index contributed by atoms with van der Waals surface area (Å²) >= 11 is 0. The highest BCUT2D eigenvalue weighted by Gasteiger charge is 2.56. The van der Waals surface area contributed by atoms with Crippen molar-refractivity contribution in [2.24, 2.45) is 0 Å². The third-order valence-electron chi connectivity index (χ3n) is 29.0. The number of nitrogens with zero attached hydrogens (tertiary/aromatic N) is 1. The smallest absolute Gasteiger partial charge is 0.144 e. The van der Waals surface area contributed by atoms with Gasteiger partial charge in [0.25, 0.3) is 0 Å². The third-order valence-corrected chi connectivity index (χ3v) is 29.0. The van der Waals surface area contributed by atoms with E-state index >= 15 is 0 Å². The lowest BCUT2D eigenvalue weighted by Gasteiger charge is -2.40. The summed E-state index contributed by atoms with van der Waals surface area (Å²) in [7, 11) is 0. The molecule has 4 aliphatic rings. The van der Waals surface area contributed by atoms with Gasteiger partial charge < -0.3 is 18.2 Å². The summed E-state index contributed by atoms with van der Waals surface area (Å²) in [5, 5.41) is 7.00. The van der Waals surface area contributed by atoms with Gasteiger partial charge in [0.05, 0.1) is 21.9 Å². The highest BCUT2D eigenvalue weighted by atomic mass is 16.3. The molecular formula is C116H109NO3. The highest BCUT2D eigenvalue weighted by molar-refractivity contribution is 6.22. The van der Waals surface area contributed by atoms with Crippen LogP contribution in [0, 0.1) is 0 Å². The summed E-state index contributed by atoms with van der Waals surface area (Å²) < 4.78 is 21.7. The summed E-state index contributed by atoms with van der Waals surface area (Å²) in [6.07, 6.45) is 29.0. The lowest BCUT2D eigenvalue weighted by molar-refractivity contribution is 0.369. The molecule has 0 N–H and O–H groups in total. The molecule has 120 heavy (non-hydrogen) atoms. The van der Waals surface area contributed by atoms with Gasteiger partial charge in [-0.05, 0) is 204 Å². The monoisotopic (exact) mass is 1560 g/mol. The van der Waals surface area contributed by atoms with E-state index in [0.29, 0.717) is 0 Å². The molecule has 21 rings (SSSR count). The third kappa shape index (κ3) is 11.7. The molecule has 4 nitrogen and oxygen atoms in total. The number of para-hydroxylation sites is 3. The van der Waals surface area contributed by atoms with Gasteiger partial charge in [0, 0.05) is 54.7 Å². The normalized spacial score (nSPS) is 14.6. The van der Waals surface area contributed by atoms with Crippen molar-refractivity contribution in [3.8, 4) is 44.5 Å². The van der Waals surface area contributed by atoms with E-state index in [0.717, 1.165) is 111 Å². The van der Waals surface area contributed by atoms with Gasteiger partial charge in [-0.1, -0.05) is 381 Å². The van der Waals surface area contributed by atoms with Crippen LogP contribution in [0.1, 0.15) is 249 Å². The number of rotatable bonds is 31. The minimum atomic E-state index is -0.824. The van der Waals surface area contributed by atoms with Crippen molar-refractivity contribution in [2.75, 3.05) is 4.90 Å². The molecule has 4 heteroatoms. The van der Waals surface area contributed by atoms with Crippen molar-refractivity contribution < 1.29 is 13.3 Å². The van der Waals surface area contributed by atoms with Crippen LogP contribution < -0.4 is 4.90 Å². The summed E-state index contributed by atoms with van der Waals surface area (Å²) in [5.41, 5.74) is 33.5. The Kier molecular flexibility index (Phi) is 19.8. The van der Waals surface area contributed by atoms with E-state index in [1.54, 1.807) is 11.1 Å². The zero-order chi connectivity index (χ0) is 80.5. The zero-order valence-electron chi connectivity index (χ0n) is 70.4. The number of unbranched alkanes of at least 4 members (excludes halogenated alkanes) is 16. The van der Waals surface area contributed by atoms with Gasteiger partial charge in [-0.2, -0.15) is 0 Å². The van der Waals surface area contributed by atoms with Gasteiger partial charge >= 0.3 is 0 Å². The van der Waals surface area contributed by atoms with Crippen molar-refractivity contribution in [3.63, 3.8) is 0 Å². The molecule has 0 unspecified atom stereocenters. The minimum absolute atomic E-state index is 0.216. The van der Waals surface area contributed by atoms with E-state index in [1.165, 1.54) is 226 Å². The summed E-state index contributed by atoms with van der Waals surface area (Å²) in [6.45, 7) is 9.49. The zero-order valence-corrected chi connectivity index (χ0v) is 70.4. The van der Waals surface area contributed by atoms with E-state index < -0.39 is 10.8 Å². The van der Waals surface area contributed by atoms with Crippen molar-refractivity contribution >= 4 is 82.9 Å². The van der Waals surface area contributed by atoms with Crippen LogP contribution in [0.15, 0.2) is 311 Å². The van der Waals surface area contributed by atoms with Crippen molar-refractivity contribution in [1.82, 2.24) is 0 Å². The average molecular weight is 1570 g/mol. The van der Waals surface area contributed by atoms with Gasteiger partial charge in [-0.25, -0.2) is 0 Å². The molecule has 3 aromatic heterocycles. The molecule has 0 fully saturated rings. The molecule has 0 saturated heterocycles. The van der Waals surface area contributed by atoms with E-state index in [1.807, 2.05) is 0 Å². The second kappa shape index (κ2) is 31.5. The molecule has 14 aromatic carbocycles. The molecule has 0 spiro atoms. The Bertz CT molecular complexity index is 6580. The van der Waals surface area contributed by atoms with Crippen LogP contribution in [0.25, 0.3) is 110 Å². The Morgan fingerprint density at radius 2 is 0.633 bits per heavy atom. The van der Waals surface area contributed by atoms with Crippen molar-refractivity contribution in [1.29, 1.82) is 0 Å². The molecule has 4 aliphatic carbocycles. The lowest BCUT2D eigenvalue weighted by atomic mass is 9.62. The molecule has 0 saturated carbocycles. The van der Waals surface area contributed by atoms with Gasteiger partial charge in [0.2, 0.25) is 0 Å². The van der Waals surface area contributed by atoms with Crippen LogP contribution in [-0.4, -0.2) is 0 Å². The van der Waals surface area contributed by atoms with Crippen LogP contribution in [0.3, 0.4) is 0 Å². The summed E-state index contributed by atoms with van der Waals surface area (Å²) in [6, 6.07) is 114. The Labute approximate surface area is 708 Å². The first-order valence-electron chi connectivity index (χ1n) is 45.9. The summed E-state index contributed by atoms with van der Waals surface area (Å²) in [5.74, 6) is 0. The fraction of sp³-hybridized carbons (Fsp3) is 0.276. The fourth-order valence-electron chi connectivity index (χ4n) is 23.8. The number of fused-ring (bicyclic) bond motifs is 25. The standard InChI is InChI=1S/C116H109NO3/c1-5-9-13-17-41-70-113(71-42-18-14-10-6-2)92-58-37-33-54-85(92)109-111(113)110-107(108-89-57-36-40-62-101(89)120-112(108)109)86-67-65-82(74-94(86)114(110,72-43-19-15-11-7-3)73-44-20-16-12-8-4)117(98-59-45-63-102-105(98)87-55-34-38-60-99(87)118-102)83-64-66-84-90-76-97-91(77-96(90)116(95(84)75-83,80-50-29-23-30-51-80)81-52-31-24-32-53-81)104-93(68-69-103-106(104)88-56-35-39-61-100(88)119-103)115(97,78-46-25-21-26-47-78)79-48-27-22-28-49-79/h21-40,45-69,74-77H,5-20,41-44,70-73H2,1-4H3. The topological polar surface area (TPSA) is 42.7 Å². The van der Waals surface area contributed by atoms with Crippen LogP contribution in [0.2, 0.25) is 0 Å². The Hall–Kier alpha value is -11.7. The quantitative estimate of drug-likeness (QED) is 0.0406. The van der Waals surface area contributed by atoms with Crippen molar-refractivity contribution in [3.05, 3.63) is 364 Å². The summed E-state index contributed by atoms with van der Waals surface area (Å²) in [4.78, 5) is 2.68. The van der Waals surface area contributed by atoms with Gasteiger partial charge in [-0.15, -0.1) is 0 Å². The number of hydrogen-bond donors (Lipinski definition) is 0. The predicted octanol–water partition coefficient (Wildman–Crippen LogP) is 33.6. The second-order valence-electron chi connectivity index (χ2n) is 35.6. The maximum Gasteiger partial charge on any atom is 0.144 e. The van der Waals surface area contributed by atoms with Gasteiger partial charge in [0.1, 0.15) is 33.5 Å². The SMILES string of the molecule is CCCCCCCC1(CCCCCCC)c2ccccc2-c2c1c1c(c3c2oc2ccccc23)-c2ccc(N(c3ccc4c(c3)C(c3ccccc3)(c3ccccc3)c3cc5c(cc3-4)C(c3ccccc3)(c3ccccc3)c3ccc4oc6ccccc6c4c3-5)c3cccc4oc5ccccc5c34)cc2C1(CCCCCCC)CCCCCCC. The van der Waals surface area contributed by atoms with E-state index in [4.69, 9.17) is 13.3 Å². The molecule has 0 bridgehead atoms. The number of anilines is 3. The molecule has 0 atom stereocenters. The molecule has 3 heterocycles. The molecule has 0 amide bonds. The van der Waals surface area contributed by atoms with Gasteiger partial charge in [-0.3, -0.25) is 0 Å². The molecule has 0 aliphatic heterocycles. The molecule has 0 radical (unpaired) electrons. The minimum Gasteiger partial charge on any atom is -0.456 e. The van der Waals surface area contributed by atoms with Crippen LogP contribution in [0.5, 0.6) is 0 Å². The Balaban J connectivity index is 0.857. The lowest BCUT2D eigenvalue weighted by Crippen LogP contribution is -2.33.